The molecule has 6 heteroatoms. The van der Waals surface area contributed by atoms with Gasteiger partial charge >= 0.3 is 0 Å². The number of hydrogen-bond acceptors (Lipinski definition) is 4. The summed E-state index contributed by atoms with van der Waals surface area (Å²) in [5, 5.41) is 7.71. The van der Waals surface area contributed by atoms with Crippen LogP contribution in [0.4, 0.5) is 5.82 Å². The molecule has 0 radical (unpaired) electrons. The van der Waals surface area contributed by atoms with Gasteiger partial charge in [-0.3, -0.25) is 4.79 Å². The largest absolute Gasteiger partial charge is 0.493 e. The quantitative estimate of drug-likeness (QED) is 0.896. The molecule has 5 rings (SSSR count). The topological polar surface area (TPSA) is 65.4 Å². The van der Waals surface area contributed by atoms with Crippen LogP contribution in [0, 0.1) is 0 Å². The average Bonchev–Trinajstić information content (AvgIpc) is 3.35. The summed E-state index contributed by atoms with van der Waals surface area (Å²) in [7, 11) is 1.65. The lowest BCUT2D eigenvalue weighted by molar-refractivity contribution is -0.116. The van der Waals surface area contributed by atoms with Crippen molar-refractivity contribution in [3.8, 4) is 11.5 Å². The number of carbonyl (C=O) groups excluding carboxylic acids is 1. The van der Waals surface area contributed by atoms with Crippen molar-refractivity contribution in [2.75, 3.05) is 19.0 Å². The molecule has 3 heterocycles. The number of anilines is 1. The van der Waals surface area contributed by atoms with Crippen LogP contribution in [0.1, 0.15) is 55.2 Å². The summed E-state index contributed by atoms with van der Waals surface area (Å²) >= 11 is 0. The predicted molar refractivity (Wildman–Crippen MR) is 102 cm³/mol. The molecule has 1 aliphatic carbocycles. The van der Waals surface area contributed by atoms with E-state index in [9.17, 15) is 4.79 Å². The Morgan fingerprint density at radius 2 is 2.15 bits per heavy atom. The van der Waals surface area contributed by atoms with Gasteiger partial charge in [0.25, 0.3) is 0 Å². The molecule has 1 aromatic heterocycles. The van der Waals surface area contributed by atoms with Gasteiger partial charge in [-0.25, -0.2) is 4.68 Å². The number of methoxy groups -OCH3 is 1. The van der Waals surface area contributed by atoms with E-state index in [1.807, 2.05) is 29.1 Å². The second-order valence-electron chi connectivity index (χ2n) is 7.52. The molecule has 6 nitrogen and oxygen atoms in total. The van der Waals surface area contributed by atoms with Crippen LogP contribution in [0.2, 0.25) is 0 Å². The highest BCUT2D eigenvalue weighted by molar-refractivity contribution is 5.94. The first-order valence-electron chi connectivity index (χ1n) is 9.62. The van der Waals surface area contributed by atoms with Gasteiger partial charge in [0.1, 0.15) is 12.4 Å². The fourth-order valence-corrected chi connectivity index (χ4v) is 4.55. The standard InChI is InChI=1S/C21H23N3O3/c1-26-18-8-4-5-13-9-14(12-27-20(13)18)16-10-19(25)23-21-17(16)11-22-24(21)15-6-2-3-7-15/h4-5,8-9,11,15-16H,2-3,6-7,10,12H2,1H3,(H,23,25). The Balaban J connectivity index is 1.53. The molecule has 1 amide bonds. The highest BCUT2D eigenvalue weighted by Gasteiger charge is 2.34. The van der Waals surface area contributed by atoms with Gasteiger partial charge in [0, 0.05) is 23.5 Å². The molecule has 1 unspecified atom stereocenters. The van der Waals surface area contributed by atoms with Crippen molar-refractivity contribution in [3.05, 3.63) is 41.1 Å². The van der Waals surface area contributed by atoms with Crippen molar-refractivity contribution >= 4 is 17.8 Å². The summed E-state index contributed by atoms with van der Waals surface area (Å²) < 4.78 is 13.4. The molecule has 2 aliphatic heterocycles. The average molecular weight is 365 g/mol. The first-order valence-corrected chi connectivity index (χ1v) is 9.62. The second kappa shape index (κ2) is 6.44. The predicted octanol–water partition coefficient (Wildman–Crippen LogP) is 3.91. The summed E-state index contributed by atoms with van der Waals surface area (Å²) in [5.41, 5.74) is 3.20. The number of aromatic nitrogens is 2. The van der Waals surface area contributed by atoms with E-state index in [2.05, 4.69) is 16.5 Å². The number of nitrogens with zero attached hydrogens (tertiary/aromatic N) is 2. The molecular weight excluding hydrogens is 342 g/mol. The molecule has 2 aromatic rings. The molecule has 0 saturated heterocycles. The number of nitrogens with one attached hydrogen (secondary N) is 1. The number of fused-ring (bicyclic) bond motifs is 2. The van der Waals surface area contributed by atoms with Crippen molar-refractivity contribution in [1.82, 2.24) is 9.78 Å². The lowest BCUT2D eigenvalue weighted by Crippen LogP contribution is -2.27. The number of rotatable bonds is 3. The molecule has 1 aromatic carbocycles. The SMILES string of the molecule is COc1cccc2c1OCC(C1CC(=O)Nc3c1cnn3C1CCCC1)=C2. The van der Waals surface area contributed by atoms with Crippen molar-refractivity contribution in [3.63, 3.8) is 0 Å². The van der Waals surface area contributed by atoms with Gasteiger partial charge in [0.05, 0.1) is 19.3 Å². The van der Waals surface area contributed by atoms with Crippen LogP contribution in [0.25, 0.3) is 6.08 Å². The van der Waals surface area contributed by atoms with Gasteiger partial charge in [-0.05, 0) is 30.6 Å². The fourth-order valence-electron chi connectivity index (χ4n) is 4.55. The maximum absolute atomic E-state index is 12.4. The number of benzene rings is 1. The zero-order valence-electron chi connectivity index (χ0n) is 15.4. The minimum Gasteiger partial charge on any atom is -0.493 e. The Labute approximate surface area is 158 Å². The normalized spacial score (nSPS) is 21.7. The summed E-state index contributed by atoms with van der Waals surface area (Å²) in [6, 6.07) is 6.27. The lowest BCUT2D eigenvalue weighted by atomic mass is 9.85. The number of ether oxygens (including phenoxy) is 2. The van der Waals surface area contributed by atoms with Crippen LogP contribution in [0.15, 0.2) is 30.0 Å². The van der Waals surface area contributed by atoms with Gasteiger partial charge in [0.15, 0.2) is 11.5 Å². The van der Waals surface area contributed by atoms with E-state index in [0.717, 1.165) is 46.9 Å². The smallest absolute Gasteiger partial charge is 0.226 e. The highest BCUT2D eigenvalue weighted by Crippen LogP contribution is 2.44. The van der Waals surface area contributed by atoms with Crippen LogP contribution in [0.5, 0.6) is 11.5 Å². The minimum absolute atomic E-state index is 0.00301. The Morgan fingerprint density at radius 1 is 1.30 bits per heavy atom. The zero-order valence-corrected chi connectivity index (χ0v) is 15.4. The first kappa shape index (κ1) is 16.4. The van der Waals surface area contributed by atoms with Gasteiger partial charge in [0.2, 0.25) is 5.91 Å². The maximum Gasteiger partial charge on any atom is 0.226 e. The Bertz CT molecular complexity index is 925. The third-order valence-corrected chi connectivity index (χ3v) is 5.92. The van der Waals surface area contributed by atoms with Crippen molar-refractivity contribution in [1.29, 1.82) is 0 Å². The van der Waals surface area contributed by atoms with Gasteiger partial charge in [-0.15, -0.1) is 0 Å². The molecular formula is C21H23N3O3. The lowest BCUT2D eigenvalue weighted by Gasteiger charge is -2.29. The van der Waals surface area contributed by atoms with E-state index >= 15 is 0 Å². The minimum atomic E-state index is 0.00301. The monoisotopic (exact) mass is 365 g/mol. The molecule has 1 fully saturated rings. The van der Waals surface area contributed by atoms with E-state index in [0.29, 0.717) is 19.1 Å². The number of carbonyl (C=O) groups is 1. The zero-order chi connectivity index (χ0) is 18.4. The van der Waals surface area contributed by atoms with E-state index in [1.54, 1.807) is 7.11 Å². The van der Waals surface area contributed by atoms with Gasteiger partial charge in [-0.2, -0.15) is 5.10 Å². The van der Waals surface area contributed by atoms with Gasteiger partial charge < -0.3 is 14.8 Å². The summed E-state index contributed by atoms with van der Waals surface area (Å²) in [5.74, 6) is 2.43. The highest BCUT2D eigenvalue weighted by atomic mass is 16.5. The first-order chi connectivity index (χ1) is 13.2. The molecule has 3 aliphatic rings. The Hall–Kier alpha value is -2.76. The van der Waals surface area contributed by atoms with E-state index in [-0.39, 0.29) is 11.8 Å². The van der Waals surface area contributed by atoms with Crippen molar-refractivity contribution in [2.24, 2.45) is 0 Å². The number of para-hydroxylation sites is 1. The summed E-state index contributed by atoms with van der Waals surface area (Å²) in [4.78, 5) is 12.4. The number of amides is 1. The van der Waals surface area contributed by atoms with E-state index in [4.69, 9.17) is 9.47 Å². The molecule has 140 valence electrons. The third kappa shape index (κ3) is 2.71. The third-order valence-electron chi connectivity index (χ3n) is 5.92. The van der Waals surface area contributed by atoms with Crippen molar-refractivity contribution in [2.45, 2.75) is 44.1 Å². The molecule has 1 saturated carbocycles. The fraction of sp³-hybridized carbons (Fsp3) is 0.429. The Kier molecular flexibility index (Phi) is 3.92. The molecule has 0 spiro atoms. The Morgan fingerprint density at radius 3 is 2.96 bits per heavy atom. The van der Waals surface area contributed by atoms with E-state index in [1.165, 1.54) is 12.8 Å². The van der Waals surface area contributed by atoms with Crippen LogP contribution < -0.4 is 14.8 Å². The van der Waals surface area contributed by atoms with Gasteiger partial charge in [-0.1, -0.05) is 25.0 Å². The molecule has 1 atom stereocenters. The van der Waals surface area contributed by atoms with Crippen LogP contribution >= 0.6 is 0 Å². The van der Waals surface area contributed by atoms with Crippen molar-refractivity contribution < 1.29 is 14.3 Å². The second-order valence-corrected chi connectivity index (χ2v) is 7.52. The summed E-state index contributed by atoms with van der Waals surface area (Å²) in [6.45, 7) is 0.458. The number of hydrogen-bond donors (Lipinski definition) is 1. The summed E-state index contributed by atoms with van der Waals surface area (Å²) in [6.07, 6.45) is 9.22. The van der Waals surface area contributed by atoms with Crippen LogP contribution in [-0.4, -0.2) is 29.4 Å². The van der Waals surface area contributed by atoms with Crippen LogP contribution in [0.3, 0.4) is 0 Å². The van der Waals surface area contributed by atoms with E-state index < -0.39 is 0 Å². The molecule has 27 heavy (non-hydrogen) atoms. The molecule has 0 bridgehead atoms. The molecule has 1 N–H and O–H groups in total. The van der Waals surface area contributed by atoms with Crippen LogP contribution in [-0.2, 0) is 4.79 Å². The maximum atomic E-state index is 12.4.